The second kappa shape index (κ2) is 7.72. The molecule has 0 fully saturated rings. The van der Waals surface area contributed by atoms with Crippen molar-refractivity contribution >= 4 is 23.5 Å². The number of carbonyl (C=O) groups excluding carboxylic acids is 2. The van der Waals surface area contributed by atoms with Crippen LogP contribution >= 0.6 is 11.3 Å². The lowest BCUT2D eigenvalue weighted by Crippen LogP contribution is -2.48. The molecule has 2 aromatic carbocycles. The van der Waals surface area contributed by atoms with Gasteiger partial charge in [-0.15, -0.1) is 11.3 Å². The highest BCUT2D eigenvalue weighted by Crippen LogP contribution is 2.39. The molecule has 4 heteroatoms. The number of amides is 1. The number of rotatable bonds is 5. The zero-order valence-corrected chi connectivity index (χ0v) is 16.7. The summed E-state index contributed by atoms with van der Waals surface area (Å²) in [6.07, 6.45) is 2.39. The maximum Gasteiger partial charge on any atom is 0.238 e. The number of benzene rings is 2. The summed E-state index contributed by atoms with van der Waals surface area (Å²) in [5.74, 6) is 0.138. The van der Waals surface area contributed by atoms with Crippen molar-refractivity contribution in [2.24, 2.45) is 0 Å². The molecule has 0 aliphatic carbocycles. The second-order valence-corrected chi connectivity index (χ2v) is 8.35. The monoisotopic (exact) mass is 389 g/mol. The fraction of sp³-hybridized carbons (Fsp3) is 0.250. The van der Waals surface area contributed by atoms with Gasteiger partial charge in [0.05, 0.1) is 16.8 Å². The van der Waals surface area contributed by atoms with Crippen LogP contribution in [0.5, 0.6) is 0 Å². The summed E-state index contributed by atoms with van der Waals surface area (Å²) in [5, 5.41) is 0. The average Bonchev–Trinajstić information content (AvgIpc) is 3.18. The van der Waals surface area contributed by atoms with Crippen molar-refractivity contribution in [1.82, 2.24) is 4.90 Å². The Kier molecular flexibility index (Phi) is 5.14. The summed E-state index contributed by atoms with van der Waals surface area (Å²) in [4.78, 5) is 29.0. The van der Waals surface area contributed by atoms with E-state index < -0.39 is 5.41 Å². The number of hydrogen-bond donors (Lipinski definition) is 0. The van der Waals surface area contributed by atoms with Crippen LogP contribution < -0.4 is 0 Å². The largest absolute Gasteiger partial charge is 0.336 e. The molecular weight excluding hydrogens is 366 g/mol. The highest BCUT2D eigenvalue weighted by Gasteiger charge is 2.43. The van der Waals surface area contributed by atoms with Crippen molar-refractivity contribution in [2.45, 2.75) is 31.7 Å². The maximum atomic E-state index is 14.0. The van der Waals surface area contributed by atoms with Crippen molar-refractivity contribution in [3.8, 4) is 0 Å². The van der Waals surface area contributed by atoms with Crippen LogP contribution in [0.25, 0.3) is 0 Å². The normalized spacial score (nSPS) is 13.8. The molecule has 1 aromatic heterocycles. The highest BCUT2D eigenvalue weighted by molar-refractivity contribution is 7.13. The van der Waals surface area contributed by atoms with Gasteiger partial charge >= 0.3 is 0 Å². The lowest BCUT2D eigenvalue weighted by molar-refractivity contribution is -0.137. The van der Waals surface area contributed by atoms with E-state index in [-0.39, 0.29) is 5.91 Å². The topological polar surface area (TPSA) is 37.4 Å². The van der Waals surface area contributed by atoms with E-state index in [4.69, 9.17) is 0 Å². The van der Waals surface area contributed by atoms with Crippen molar-refractivity contribution in [3.05, 3.63) is 93.2 Å². The van der Waals surface area contributed by atoms with Gasteiger partial charge in [0.2, 0.25) is 5.91 Å². The molecule has 0 radical (unpaired) electrons. The molecule has 0 N–H and O–H groups in total. The number of aldehydes is 1. The number of thiophene rings is 1. The van der Waals surface area contributed by atoms with Crippen molar-refractivity contribution in [1.29, 1.82) is 0 Å². The third kappa shape index (κ3) is 3.08. The molecule has 28 heavy (non-hydrogen) atoms. The molecule has 142 valence electrons. The quantitative estimate of drug-likeness (QED) is 0.586. The predicted molar refractivity (Wildman–Crippen MR) is 113 cm³/mol. The Labute approximate surface area is 169 Å². The Morgan fingerprint density at radius 1 is 1.07 bits per heavy atom. The summed E-state index contributed by atoms with van der Waals surface area (Å²) in [6.45, 7) is 3.35. The number of carbonyl (C=O) groups is 2. The van der Waals surface area contributed by atoms with Gasteiger partial charge in [-0.25, -0.2) is 0 Å². The van der Waals surface area contributed by atoms with Crippen LogP contribution in [0.4, 0.5) is 0 Å². The molecule has 3 aromatic rings. The van der Waals surface area contributed by atoms with Crippen molar-refractivity contribution in [3.63, 3.8) is 0 Å². The minimum absolute atomic E-state index is 0.138. The van der Waals surface area contributed by atoms with Crippen LogP contribution in [0.2, 0.25) is 0 Å². The fourth-order valence-corrected chi connectivity index (χ4v) is 5.31. The first-order valence-electron chi connectivity index (χ1n) is 9.66. The third-order valence-electron chi connectivity index (χ3n) is 5.73. The molecular formula is C24H23NO2S. The van der Waals surface area contributed by atoms with E-state index in [1.165, 1.54) is 16.9 Å². The van der Waals surface area contributed by atoms with Crippen LogP contribution in [0.1, 0.15) is 44.6 Å². The van der Waals surface area contributed by atoms with Gasteiger partial charge < -0.3 is 4.90 Å². The Hall–Kier alpha value is -2.72. The molecule has 1 aliphatic heterocycles. The number of fused-ring (bicyclic) bond motifs is 1. The number of nitrogens with zero attached hydrogens (tertiary/aromatic N) is 1. The Bertz CT molecular complexity index is 939. The summed E-state index contributed by atoms with van der Waals surface area (Å²) in [7, 11) is 0. The van der Waals surface area contributed by atoms with Crippen LogP contribution in [0, 0.1) is 0 Å². The molecule has 3 nitrogen and oxygen atoms in total. The smallest absolute Gasteiger partial charge is 0.238 e. The third-order valence-corrected chi connectivity index (χ3v) is 6.82. The van der Waals surface area contributed by atoms with Gasteiger partial charge in [0.25, 0.3) is 0 Å². The molecule has 0 unspecified atom stereocenters. The van der Waals surface area contributed by atoms with Gasteiger partial charge in [-0.3, -0.25) is 9.59 Å². The van der Waals surface area contributed by atoms with Crippen LogP contribution in [0.3, 0.4) is 0 Å². The van der Waals surface area contributed by atoms with E-state index >= 15 is 0 Å². The lowest BCUT2D eigenvalue weighted by Gasteiger charge is -2.39. The Balaban J connectivity index is 1.77. The zero-order valence-electron chi connectivity index (χ0n) is 15.9. The van der Waals surface area contributed by atoms with E-state index in [0.29, 0.717) is 19.5 Å². The van der Waals surface area contributed by atoms with Crippen LogP contribution in [-0.2, 0) is 23.2 Å². The average molecular weight is 390 g/mol. The summed E-state index contributed by atoms with van der Waals surface area (Å²) >= 11 is 1.50. The van der Waals surface area contributed by atoms with Crippen molar-refractivity contribution in [2.75, 3.05) is 6.54 Å². The van der Waals surface area contributed by atoms with E-state index in [0.717, 1.165) is 33.6 Å². The summed E-state index contributed by atoms with van der Waals surface area (Å²) in [5.41, 5.74) is 2.56. The molecule has 1 amide bonds. The Morgan fingerprint density at radius 3 is 2.21 bits per heavy atom. The van der Waals surface area contributed by atoms with Gasteiger partial charge in [0, 0.05) is 11.4 Å². The fourth-order valence-electron chi connectivity index (χ4n) is 4.26. The highest BCUT2D eigenvalue weighted by atomic mass is 32.1. The minimum Gasteiger partial charge on any atom is -0.336 e. The second-order valence-electron chi connectivity index (χ2n) is 7.18. The van der Waals surface area contributed by atoms with Gasteiger partial charge in [-0.05, 0) is 35.6 Å². The number of hydrogen-bond acceptors (Lipinski definition) is 3. The van der Waals surface area contributed by atoms with E-state index in [9.17, 15) is 9.59 Å². The molecule has 0 spiro atoms. The van der Waals surface area contributed by atoms with Gasteiger partial charge in [0.15, 0.2) is 6.29 Å². The van der Waals surface area contributed by atoms with E-state index in [2.05, 4.69) is 31.2 Å². The maximum absolute atomic E-state index is 14.0. The first-order chi connectivity index (χ1) is 13.7. The van der Waals surface area contributed by atoms with Gasteiger partial charge in [0.1, 0.15) is 0 Å². The molecule has 0 bridgehead atoms. The molecule has 0 saturated carbocycles. The van der Waals surface area contributed by atoms with Crippen molar-refractivity contribution < 1.29 is 9.59 Å². The SMILES string of the molecule is CCC(C(=O)N1CCc2cc(C=O)sc2C1)(c1ccccc1)c1ccccc1. The molecule has 0 atom stereocenters. The first kappa shape index (κ1) is 18.6. The molecule has 0 saturated heterocycles. The van der Waals surface area contributed by atoms with Crippen LogP contribution in [0.15, 0.2) is 66.7 Å². The summed E-state index contributed by atoms with van der Waals surface area (Å²) < 4.78 is 0. The molecule has 2 heterocycles. The lowest BCUT2D eigenvalue weighted by atomic mass is 9.71. The van der Waals surface area contributed by atoms with E-state index in [1.807, 2.05) is 47.4 Å². The summed E-state index contributed by atoms with van der Waals surface area (Å²) in [6, 6.07) is 22.2. The van der Waals surface area contributed by atoms with Gasteiger partial charge in [-0.1, -0.05) is 67.6 Å². The zero-order chi connectivity index (χ0) is 19.6. The Morgan fingerprint density at radius 2 is 1.68 bits per heavy atom. The molecule has 4 rings (SSSR count). The van der Waals surface area contributed by atoms with E-state index in [1.54, 1.807) is 0 Å². The van der Waals surface area contributed by atoms with Gasteiger partial charge in [-0.2, -0.15) is 0 Å². The van der Waals surface area contributed by atoms with Crippen LogP contribution in [-0.4, -0.2) is 23.6 Å². The first-order valence-corrected chi connectivity index (χ1v) is 10.5. The standard InChI is InChI=1S/C24H23NO2S/c1-2-24(19-9-5-3-6-10-19,20-11-7-4-8-12-20)23(27)25-14-13-18-15-21(17-26)28-22(18)16-25/h3-12,15,17H,2,13-14,16H2,1H3. The minimum atomic E-state index is -0.704. The molecule has 1 aliphatic rings. The predicted octanol–water partition coefficient (Wildman–Crippen LogP) is 4.84.